The van der Waals surface area contributed by atoms with E-state index in [9.17, 15) is 9.18 Å². The average molecular weight is 277 g/mol. The molecule has 1 heterocycles. The number of rotatable bonds is 6. The minimum absolute atomic E-state index is 0.110. The van der Waals surface area contributed by atoms with E-state index >= 15 is 0 Å². The largest absolute Gasteiger partial charge is 0.441 e. The number of hydrogen-bond acceptors (Lipinski definition) is 4. The lowest BCUT2D eigenvalue weighted by atomic mass is 10.2. The number of oxazole rings is 1. The van der Waals surface area contributed by atoms with Crippen LogP contribution in [0.15, 0.2) is 34.9 Å². The van der Waals surface area contributed by atoms with Gasteiger partial charge in [0.25, 0.3) is 0 Å². The fourth-order valence-electron chi connectivity index (χ4n) is 1.73. The molecule has 0 saturated heterocycles. The Morgan fingerprint density at radius 2 is 2.20 bits per heavy atom. The number of aromatic nitrogens is 1. The monoisotopic (exact) mass is 277 g/mol. The molecule has 5 nitrogen and oxygen atoms in total. The first-order valence-corrected chi connectivity index (χ1v) is 6.37. The van der Waals surface area contributed by atoms with Gasteiger partial charge in [-0.1, -0.05) is 12.1 Å². The number of nitrogens with two attached hydrogens (primary N) is 1. The van der Waals surface area contributed by atoms with Gasteiger partial charge in [0.05, 0.1) is 11.8 Å². The highest BCUT2D eigenvalue weighted by molar-refractivity contribution is 5.76. The van der Waals surface area contributed by atoms with Crippen molar-refractivity contribution in [3.63, 3.8) is 0 Å². The van der Waals surface area contributed by atoms with Gasteiger partial charge >= 0.3 is 0 Å². The van der Waals surface area contributed by atoms with Gasteiger partial charge in [-0.2, -0.15) is 0 Å². The molecule has 20 heavy (non-hydrogen) atoms. The smallest absolute Gasteiger partial charge is 0.220 e. The molecule has 3 N–H and O–H groups in total. The third-order valence-corrected chi connectivity index (χ3v) is 2.73. The molecule has 0 aliphatic rings. The summed E-state index contributed by atoms with van der Waals surface area (Å²) in [5.74, 6) is 0.295. The number of nitrogens with zero attached hydrogens (tertiary/aromatic N) is 1. The standard InChI is InChI=1S/C14H16FN3O2/c15-11-4-2-1-3-10(11)12-9-18-14(20-12)6-5-13(19)17-8-7-16/h1-4,9H,5-8,16H2,(H,17,19). The molecule has 0 saturated carbocycles. The van der Waals surface area contributed by atoms with Crippen molar-refractivity contribution in [1.82, 2.24) is 10.3 Å². The summed E-state index contributed by atoms with van der Waals surface area (Å²) >= 11 is 0. The number of nitrogens with one attached hydrogen (secondary N) is 1. The molecule has 0 aliphatic heterocycles. The van der Waals surface area contributed by atoms with Crippen LogP contribution < -0.4 is 11.1 Å². The Bertz CT molecular complexity index is 583. The van der Waals surface area contributed by atoms with Crippen LogP contribution in [0.25, 0.3) is 11.3 Å². The Kier molecular flexibility index (Phi) is 4.84. The predicted octanol–water partition coefficient (Wildman–Crippen LogP) is 1.49. The van der Waals surface area contributed by atoms with Crippen LogP contribution in [0.3, 0.4) is 0 Å². The van der Waals surface area contributed by atoms with Gasteiger partial charge in [0, 0.05) is 25.9 Å². The molecular formula is C14H16FN3O2. The van der Waals surface area contributed by atoms with Crippen molar-refractivity contribution in [2.75, 3.05) is 13.1 Å². The van der Waals surface area contributed by atoms with E-state index in [1.807, 2.05) is 0 Å². The molecule has 0 atom stereocenters. The number of benzene rings is 1. The van der Waals surface area contributed by atoms with Crippen LogP contribution in [-0.2, 0) is 11.2 Å². The molecule has 0 bridgehead atoms. The highest BCUT2D eigenvalue weighted by atomic mass is 19.1. The van der Waals surface area contributed by atoms with Crippen molar-refractivity contribution >= 4 is 5.91 Å². The molecule has 0 aliphatic carbocycles. The summed E-state index contributed by atoms with van der Waals surface area (Å²) in [6.45, 7) is 0.854. The zero-order valence-electron chi connectivity index (χ0n) is 10.9. The fourth-order valence-corrected chi connectivity index (χ4v) is 1.73. The van der Waals surface area contributed by atoms with E-state index in [0.717, 1.165) is 0 Å². The van der Waals surface area contributed by atoms with E-state index in [0.29, 0.717) is 36.7 Å². The molecule has 1 aromatic carbocycles. The normalized spacial score (nSPS) is 10.5. The lowest BCUT2D eigenvalue weighted by Gasteiger charge is -2.01. The third kappa shape index (κ3) is 3.64. The number of aryl methyl sites for hydroxylation is 1. The topological polar surface area (TPSA) is 81.1 Å². The summed E-state index contributed by atoms with van der Waals surface area (Å²) in [5.41, 5.74) is 5.64. The number of amides is 1. The Morgan fingerprint density at radius 1 is 1.40 bits per heavy atom. The van der Waals surface area contributed by atoms with Crippen LogP contribution in [0.5, 0.6) is 0 Å². The van der Waals surface area contributed by atoms with E-state index in [1.54, 1.807) is 18.2 Å². The zero-order valence-corrected chi connectivity index (χ0v) is 10.9. The van der Waals surface area contributed by atoms with E-state index in [2.05, 4.69) is 10.3 Å². The lowest BCUT2D eigenvalue weighted by Crippen LogP contribution is -2.29. The van der Waals surface area contributed by atoms with Crippen molar-refractivity contribution in [2.24, 2.45) is 5.73 Å². The number of halogens is 1. The van der Waals surface area contributed by atoms with Gasteiger partial charge in [0.1, 0.15) is 5.82 Å². The zero-order chi connectivity index (χ0) is 14.4. The van der Waals surface area contributed by atoms with Gasteiger partial charge < -0.3 is 15.5 Å². The molecule has 2 aromatic rings. The molecule has 106 valence electrons. The van der Waals surface area contributed by atoms with E-state index in [-0.39, 0.29) is 18.1 Å². The minimum atomic E-state index is -0.365. The molecule has 0 radical (unpaired) electrons. The fraction of sp³-hybridized carbons (Fsp3) is 0.286. The van der Waals surface area contributed by atoms with Crippen LogP contribution in [-0.4, -0.2) is 24.0 Å². The van der Waals surface area contributed by atoms with E-state index in [1.165, 1.54) is 12.3 Å². The molecular weight excluding hydrogens is 261 g/mol. The van der Waals surface area contributed by atoms with Gasteiger partial charge in [-0.05, 0) is 12.1 Å². The molecule has 6 heteroatoms. The first-order chi connectivity index (χ1) is 9.70. The summed E-state index contributed by atoms with van der Waals surface area (Å²) in [4.78, 5) is 15.5. The lowest BCUT2D eigenvalue weighted by molar-refractivity contribution is -0.121. The summed E-state index contributed by atoms with van der Waals surface area (Å²) in [5, 5.41) is 2.66. The molecule has 0 unspecified atom stereocenters. The predicted molar refractivity (Wildman–Crippen MR) is 72.3 cm³/mol. The molecule has 0 fully saturated rings. The second kappa shape index (κ2) is 6.81. The molecule has 1 amide bonds. The maximum atomic E-state index is 13.6. The second-order valence-corrected chi connectivity index (χ2v) is 4.24. The van der Waals surface area contributed by atoms with Crippen molar-refractivity contribution in [2.45, 2.75) is 12.8 Å². The van der Waals surface area contributed by atoms with Gasteiger partial charge in [-0.15, -0.1) is 0 Å². The third-order valence-electron chi connectivity index (χ3n) is 2.73. The van der Waals surface area contributed by atoms with Gasteiger partial charge in [0.15, 0.2) is 11.7 Å². The van der Waals surface area contributed by atoms with Crippen LogP contribution in [0.4, 0.5) is 4.39 Å². The van der Waals surface area contributed by atoms with Gasteiger partial charge in [-0.25, -0.2) is 9.37 Å². The van der Waals surface area contributed by atoms with Crippen LogP contribution in [0, 0.1) is 5.82 Å². The van der Waals surface area contributed by atoms with Crippen molar-refractivity contribution in [3.8, 4) is 11.3 Å². The van der Waals surface area contributed by atoms with E-state index in [4.69, 9.17) is 10.2 Å². The van der Waals surface area contributed by atoms with Crippen molar-refractivity contribution in [1.29, 1.82) is 0 Å². The quantitative estimate of drug-likeness (QED) is 0.838. The Balaban J connectivity index is 1.96. The number of carbonyl (C=O) groups is 1. The van der Waals surface area contributed by atoms with Crippen LogP contribution in [0.1, 0.15) is 12.3 Å². The number of hydrogen-bond donors (Lipinski definition) is 2. The van der Waals surface area contributed by atoms with Crippen molar-refractivity contribution in [3.05, 3.63) is 42.2 Å². The Hall–Kier alpha value is -2.21. The first-order valence-electron chi connectivity index (χ1n) is 6.37. The average Bonchev–Trinajstić information content (AvgIpc) is 2.92. The SMILES string of the molecule is NCCNC(=O)CCc1ncc(-c2ccccc2F)o1. The van der Waals surface area contributed by atoms with Gasteiger partial charge in [0.2, 0.25) is 5.91 Å². The van der Waals surface area contributed by atoms with Crippen LogP contribution >= 0.6 is 0 Å². The first kappa shape index (κ1) is 14.2. The molecule has 1 aromatic heterocycles. The van der Waals surface area contributed by atoms with Crippen LogP contribution in [0.2, 0.25) is 0 Å². The van der Waals surface area contributed by atoms with Gasteiger partial charge in [-0.3, -0.25) is 4.79 Å². The summed E-state index contributed by atoms with van der Waals surface area (Å²) in [6, 6.07) is 6.31. The second-order valence-electron chi connectivity index (χ2n) is 4.24. The maximum Gasteiger partial charge on any atom is 0.220 e. The Morgan fingerprint density at radius 3 is 2.95 bits per heavy atom. The number of carbonyl (C=O) groups excluding carboxylic acids is 1. The molecule has 2 rings (SSSR count). The molecule has 0 spiro atoms. The Labute approximate surface area is 116 Å². The van der Waals surface area contributed by atoms with Crippen molar-refractivity contribution < 1.29 is 13.6 Å². The maximum absolute atomic E-state index is 13.6. The highest BCUT2D eigenvalue weighted by Gasteiger charge is 2.11. The van der Waals surface area contributed by atoms with E-state index < -0.39 is 0 Å². The summed E-state index contributed by atoms with van der Waals surface area (Å²) in [7, 11) is 0. The summed E-state index contributed by atoms with van der Waals surface area (Å²) < 4.78 is 19.0. The summed E-state index contributed by atoms with van der Waals surface area (Å²) in [6.07, 6.45) is 2.09. The highest BCUT2D eigenvalue weighted by Crippen LogP contribution is 2.23. The minimum Gasteiger partial charge on any atom is -0.441 e.